The summed E-state index contributed by atoms with van der Waals surface area (Å²) < 4.78 is 32.4. The van der Waals surface area contributed by atoms with Gasteiger partial charge in [-0.3, -0.25) is 0 Å². The van der Waals surface area contributed by atoms with Crippen molar-refractivity contribution in [3.05, 3.63) is 71.3 Å². The van der Waals surface area contributed by atoms with E-state index < -0.39 is 41.2 Å². The third kappa shape index (κ3) is 4.41. The zero-order valence-electron chi connectivity index (χ0n) is 14.4. The summed E-state index contributed by atoms with van der Waals surface area (Å²) in [6.45, 7) is 1.05. The van der Waals surface area contributed by atoms with E-state index in [1.807, 2.05) is 0 Å². The van der Waals surface area contributed by atoms with Crippen molar-refractivity contribution in [1.82, 2.24) is 0 Å². The molecule has 0 aliphatic carbocycles. The SMILES string of the molecule is CS[C@H](C)[C@](O)(COC(=O)[C@@H](O)c1ccccc1)c1ccc(F)cc1F. The third-order valence-electron chi connectivity index (χ3n) is 4.20. The predicted molar refractivity (Wildman–Crippen MR) is 95.6 cm³/mol. The minimum atomic E-state index is -1.89. The van der Waals surface area contributed by atoms with Crippen LogP contribution in [0.2, 0.25) is 0 Å². The maximum Gasteiger partial charge on any atom is 0.339 e. The van der Waals surface area contributed by atoms with Crippen LogP contribution in [0.15, 0.2) is 48.5 Å². The monoisotopic (exact) mass is 382 g/mol. The van der Waals surface area contributed by atoms with E-state index in [2.05, 4.69) is 0 Å². The topological polar surface area (TPSA) is 66.8 Å². The number of carbonyl (C=O) groups is 1. The first-order valence-corrected chi connectivity index (χ1v) is 9.18. The molecule has 2 aromatic rings. The van der Waals surface area contributed by atoms with Crippen molar-refractivity contribution in [2.75, 3.05) is 12.9 Å². The number of carbonyl (C=O) groups excluding carboxylic acids is 1. The van der Waals surface area contributed by atoms with Crippen molar-refractivity contribution < 1.29 is 28.5 Å². The molecule has 0 amide bonds. The largest absolute Gasteiger partial charge is 0.460 e. The Morgan fingerprint density at radius 1 is 1.23 bits per heavy atom. The van der Waals surface area contributed by atoms with E-state index >= 15 is 0 Å². The zero-order chi connectivity index (χ0) is 19.3. The molecule has 0 bridgehead atoms. The van der Waals surface area contributed by atoms with Crippen LogP contribution < -0.4 is 0 Å². The summed E-state index contributed by atoms with van der Waals surface area (Å²) in [4.78, 5) is 12.1. The van der Waals surface area contributed by atoms with Gasteiger partial charge in [0.2, 0.25) is 0 Å². The number of aliphatic hydroxyl groups excluding tert-OH is 1. The van der Waals surface area contributed by atoms with Gasteiger partial charge in [0.05, 0.1) is 0 Å². The average molecular weight is 382 g/mol. The Labute approximate surface area is 154 Å². The fourth-order valence-electron chi connectivity index (χ4n) is 2.48. The van der Waals surface area contributed by atoms with E-state index in [0.29, 0.717) is 11.6 Å². The fourth-order valence-corrected chi connectivity index (χ4v) is 3.07. The van der Waals surface area contributed by atoms with Crippen molar-refractivity contribution in [1.29, 1.82) is 0 Å². The minimum absolute atomic E-state index is 0.178. The summed E-state index contributed by atoms with van der Waals surface area (Å²) in [6, 6.07) is 11.0. The van der Waals surface area contributed by atoms with Gasteiger partial charge in [0, 0.05) is 16.9 Å². The normalized spacial score (nSPS) is 15.8. The Morgan fingerprint density at radius 2 is 1.88 bits per heavy atom. The van der Waals surface area contributed by atoms with Crippen molar-refractivity contribution in [3.63, 3.8) is 0 Å². The van der Waals surface area contributed by atoms with Gasteiger partial charge in [-0.05, 0) is 17.9 Å². The third-order valence-corrected chi connectivity index (χ3v) is 5.29. The van der Waals surface area contributed by atoms with E-state index in [-0.39, 0.29) is 5.56 Å². The highest BCUT2D eigenvalue weighted by molar-refractivity contribution is 7.99. The number of ether oxygens (including phenoxy) is 1. The molecule has 4 nitrogen and oxygen atoms in total. The smallest absolute Gasteiger partial charge is 0.339 e. The molecular weight excluding hydrogens is 362 g/mol. The first-order valence-electron chi connectivity index (χ1n) is 7.90. The summed E-state index contributed by atoms with van der Waals surface area (Å²) >= 11 is 1.23. The summed E-state index contributed by atoms with van der Waals surface area (Å²) in [7, 11) is 0. The molecule has 2 rings (SSSR count). The number of hydrogen-bond acceptors (Lipinski definition) is 5. The van der Waals surface area contributed by atoms with E-state index in [4.69, 9.17) is 4.74 Å². The van der Waals surface area contributed by atoms with Crippen LogP contribution in [0.4, 0.5) is 8.78 Å². The fraction of sp³-hybridized carbons (Fsp3) is 0.316. The Balaban J connectivity index is 2.22. The van der Waals surface area contributed by atoms with Gasteiger partial charge in [0.1, 0.15) is 23.8 Å². The molecule has 0 fully saturated rings. The number of esters is 1. The summed E-state index contributed by atoms with van der Waals surface area (Å²) in [6.07, 6.45) is 0.181. The molecule has 3 atom stereocenters. The lowest BCUT2D eigenvalue weighted by Gasteiger charge is -2.33. The molecule has 0 spiro atoms. The van der Waals surface area contributed by atoms with Gasteiger partial charge < -0.3 is 14.9 Å². The van der Waals surface area contributed by atoms with Crippen LogP contribution in [0.25, 0.3) is 0 Å². The quantitative estimate of drug-likeness (QED) is 0.720. The van der Waals surface area contributed by atoms with Crippen molar-refractivity contribution >= 4 is 17.7 Å². The zero-order valence-corrected chi connectivity index (χ0v) is 15.2. The molecule has 26 heavy (non-hydrogen) atoms. The molecule has 0 radical (unpaired) electrons. The minimum Gasteiger partial charge on any atom is -0.460 e. The van der Waals surface area contributed by atoms with Crippen LogP contribution in [0.3, 0.4) is 0 Å². The van der Waals surface area contributed by atoms with Gasteiger partial charge in [0.15, 0.2) is 6.10 Å². The van der Waals surface area contributed by atoms with Crippen LogP contribution in [0.1, 0.15) is 24.2 Å². The van der Waals surface area contributed by atoms with Gasteiger partial charge in [-0.15, -0.1) is 0 Å². The molecule has 2 N–H and O–H groups in total. The Morgan fingerprint density at radius 3 is 2.46 bits per heavy atom. The van der Waals surface area contributed by atoms with Crippen molar-refractivity contribution in [2.45, 2.75) is 23.9 Å². The second-order valence-electron chi connectivity index (χ2n) is 5.85. The molecule has 0 aliphatic rings. The van der Waals surface area contributed by atoms with E-state index in [0.717, 1.165) is 12.1 Å². The first-order chi connectivity index (χ1) is 12.3. The number of rotatable bonds is 7. The van der Waals surface area contributed by atoms with Gasteiger partial charge in [-0.1, -0.05) is 43.3 Å². The van der Waals surface area contributed by atoms with Crippen LogP contribution in [-0.4, -0.2) is 34.3 Å². The molecule has 0 saturated heterocycles. The van der Waals surface area contributed by atoms with Crippen LogP contribution in [-0.2, 0) is 15.1 Å². The second-order valence-corrected chi connectivity index (χ2v) is 7.03. The Kier molecular flexibility index (Phi) is 6.75. The van der Waals surface area contributed by atoms with Gasteiger partial charge in [0.25, 0.3) is 0 Å². The van der Waals surface area contributed by atoms with Crippen LogP contribution in [0, 0.1) is 11.6 Å². The molecule has 0 saturated carbocycles. The van der Waals surface area contributed by atoms with E-state index in [1.54, 1.807) is 43.5 Å². The number of benzene rings is 2. The summed E-state index contributed by atoms with van der Waals surface area (Å²) in [5, 5.41) is 20.5. The van der Waals surface area contributed by atoms with E-state index in [9.17, 15) is 23.8 Å². The van der Waals surface area contributed by atoms with Gasteiger partial charge >= 0.3 is 5.97 Å². The van der Waals surface area contributed by atoms with Gasteiger partial charge in [-0.2, -0.15) is 11.8 Å². The number of halogens is 2. The highest BCUT2D eigenvalue weighted by Gasteiger charge is 2.40. The molecule has 7 heteroatoms. The lowest BCUT2D eigenvalue weighted by Crippen LogP contribution is -2.42. The average Bonchev–Trinajstić information content (AvgIpc) is 2.65. The second kappa shape index (κ2) is 8.62. The molecule has 0 unspecified atom stereocenters. The van der Waals surface area contributed by atoms with Crippen LogP contribution >= 0.6 is 11.8 Å². The van der Waals surface area contributed by atoms with E-state index in [1.165, 1.54) is 11.8 Å². The first kappa shape index (κ1) is 20.4. The highest BCUT2D eigenvalue weighted by atomic mass is 32.2. The summed E-state index contributed by atoms with van der Waals surface area (Å²) in [5.41, 5.74) is -1.72. The lowest BCUT2D eigenvalue weighted by molar-refractivity contribution is -0.162. The lowest BCUT2D eigenvalue weighted by atomic mass is 9.91. The summed E-state index contributed by atoms with van der Waals surface area (Å²) in [5.74, 6) is -2.68. The Hall–Kier alpha value is -1.96. The molecule has 2 aromatic carbocycles. The number of thioether (sulfide) groups is 1. The maximum atomic E-state index is 14.2. The molecular formula is C19H20F2O4S. The standard InChI is InChI=1S/C19H20F2O4S/c1-12(26-2)19(24,15-9-8-14(20)10-16(15)21)11-25-18(23)17(22)13-6-4-3-5-7-13/h3-10,12,17,22,24H,11H2,1-2H3/t12-,17+,19-/m1/s1. The maximum absolute atomic E-state index is 14.2. The van der Waals surface area contributed by atoms with Crippen molar-refractivity contribution in [2.24, 2.45) is 0 Å². The number of aliphatic hydroxyl groups is 2. The van der Waals surface area contributed by atoms with Crippen molar-refractivity contribution in [3.8, 4) is 0 Å². The molecule has 0 aliphatic heterocycles. The van der Waals surface area contributed by atoms with Crippen LogP contribution in [0.5, 0.6) is 0 Å². The molecule has 140 valence electrons. The molecule has 0 aromatic heterocycles. The number of hydrogen-bond donors (Lipinski definition) is 2. The Bertz CT molecular complexity index is 756. The predicted octanol–water partition coefficient (Wildman–Crippen LogP) is 3.18. The van der Waals surface area contributed by atoms with Gasteiger partial charge in [-0.25, -0.2) is 13.6 Å². The highest BCUT2D eigenvalue weighted by Crippen LogP contribution is 2.34. The molecule has 0 heterocycles.